The third kappa shape index (κ3) is 6.86. The van der Waals surface area contributed by atoms with Gasteiger partial charge in [0.05, 0.1) is 11.7 Å². The number of fused-ring (bicyclic) bond motifs is 1. The number of nitrogens with zero attached hydrogens (tertiary/aromatic N) is 1. The second-order valence-electron chi connectivity index (χ2n) is 9.39. The first-order valence-corrected chi connectivity index (χ1v) is 11.4. The van der Waals surface area contributed by atoms with Crippen LogP contribution >= 0.6 is 0 Å². The van der Waals surface area contributed by atoms with Crippen LogP contribution in [0.3, 0.4) is 0 Å². The molecule has 0 heterocycles. The maximum Gasteiger partial charge on any atom is 0.0859 e. The van der Waals surface area contributed by atoms with Crippen LogP contribution in [0.5, 0.6) is 0 Å². The molecular weight excluding hydrogens is 346 g/mol. The van der Waals surface area contributed by atoms with Crippen LogP contribution in [0.2, 0.25) is 0 Å². The van der Waals surface area contributed by atoms with Crippen molar-refractivity contribution < 1.29 is 10.2 Å². The molecule has 1 fully saturated rings. The van der Waals surface area contributed by atoms with Crippen LogP contribution in [0.25, 0.3) is 0 Å². The number of rotatable bonds is 13. The summed E-state index contributed by atoms with van der Waals surface area (Å²) in [6.45, 7) is 7.14. The van der Waals surface area contributed by atoms with E-state index in [1.807, 2.05) is 0 Å². The predicted octanol–water partition coefficient (Wildman–Crippen LogP) is 5.11. The van der Waals surface area contributed by atoms with Gasteiger partial charge in [0.25, 0.3) is 0 Å². The van der Waals surface area contributed by atoms with Crippen LogP contribution in [-0.4, -0.2) is 47.5 Å². The number of hydrogen-bond donors (Lipinski definition) is 2. The maximum atomic E-state index is 10.7. The molecule has 0 bridgehead atoms. The van der Waals surface area contributed by atoms with Gasteiger partial charge in [-0.1, -0.05) is 56.1 Å². The largest absolute Gasteiger partial charge is 0.392 e. The molecule has 160 valence electrons. The Labute approximate surface area is 173 Å². The lowest BCUT2D eigenvalue weighted by atomic mass is 9.87. The van der Waals surface area contributed by atoms with Crippen LogP contribution in [0.1, 0.15) is 71.1 Å². The standard InChI is InChI=1S/C25H43NO2/c1-5-7-14-25(28,6-2)15-11-13-22-23-18-20(17-21(23)19-24(22)27)12-9-8-10-16-26(3)4/h6,11,13,17,21-24,27-28H,2,5,7-10,12,14-16,18-19H2,1,3-4H3/b13-11+/t21-,22+,23-,24+,25-/m0/s1. The number of allylic oxidation sites excluding steroid dienone is 2. The van der Waals surface area contributed by atoms with Gasteiger partial charge in [-0.2, -0.15) is 0 Å². The minimum Gasteiger partial charge on any atom is -0.392 e. The van der Waals surface area contributed by atoms with E-state index in [0.29, 0.717) is 18.3 Å². The molecule has 2 aliphatic carbocycles. The zero-order valence-electron chi connectivity index (χ0n) is 18.4. The second kappa shape index (κ2) is 11.3. The SMILES string of the molecule is C=C[C@@](O)(C/C=C/[C@@H]1[C@H]2CC(CCCCCN(C)C)=C[C@H]2C[C@H]1O)CCCC. The van der Waals surface area contributed by atoms with E-state index >= 15 is 0 Å². The van der Waals surface area contributed by atoms with E-state index in [4.69, 9.17) is 0 Å². The molecule has 3 heteroatoms. The molecule has 0 radical (unpaired) electrons. The highest BCUT2D eigenvalue weighted by Gasteiger charge is 2.43. The van der Waals surface area contributed by atoms with E-state index in [-0.39, 0.29) is 12.0 Å². The minimum atomic E-state index is -0.804. The zero-order chi connectivity index (χ0) is 20.6. The van der Waals surface area contributed by atoms with Crippen LogP contribution in [0.15, 0.2) is 36.5 Å². The van der Waals surface area contributed by atoms with Gasteiger partial charge >= 0.3 is 0 Å². The molecule has 2 N–H and O–H groups in total. The van der Waals surface area contributed by atoms with Crippen molar-refractivity contribution in [3.63, 3.8) is 0 Å². The topological polar surface area (TPSA) is 43.7 Å². The van der Waals surface area contributed by atoms with Gasteiger partial charge in [0.15, 0.2) is 0 Å². The molecular formula is C25H43NO2. The van der Waals surface area contributed by atoms with Crippen LogP contribution in [0.4, 0.5) is 0 Å². The van der Waals surface area contributed by atoms with E-state index in [1.54, 1.807) is 11.6 Å². The Bertz CT molecular complexity index is 539. The second-order valence-corrected chi connectivity index (χ2v) is 9.39. The highest BCUT2D eigenvalue weighted by atomic mass is 16.3. The van der Waals surface area contributed by atoms with Gasteiger partial charge in [-0.25, -0.2) is 0 Å². The fraction of sp³-hybridized carbons (Fsp3) is 0.760. The van der Waals surface area contributed by atoms with Gasteiger partial charge in [0, 0.05) is 5.92 Å². The zero-order valence-corrected chi connectivity index (χ0v) is 18.4. The van der Waals surface area contributed by atoms with E-state index in [2.05, 4.69) is 50.7 Å². The molecule has 2 aliphatic rings. The van der Waals surface area contributed by atoms with Gasteiger partial charge in [-0.15, -0.1) is 6.58 Å². The predicted molar refractivity (Wildman–Crippen MR) is 119 cm³/mol. The lowest BCUT2D eigenvalue weighted by Gasteiger charge is -2.23. The van der Waals surface area contributed by atoms with Crippen molar-refractivity contribution in [1.82, 2.24) is 4.90 Å². The van der Waals surface area contributed by atoms with Gasteiger partial charge in [-0.05, 0) is 77.4 Å². The van der Waals surface area contributed by atoms with Crippen LogP contribution in [0, 0.1) is 17.8 Å². The lowest BCUT2D eigenvalue weighted by Crippen LogP contribution is -2.24. The fourth-order valence-corrected chi connectivity index (χ4v) is 4.95. The summed E-state index contributed by atoms with van der Waals surface area (Å²) in [7, 11) is 4.28. The van der Waals surface area contributed by atoms with Crippen LogP contribution in [-0.2, 0) is 0 Å². The summed E-state index contributed by atoms with van der Waals surface area (Å²) in [4.78, 5) is 2.26. The summed E-state index contributed by atoms with van der Waals surface area (Å²) in [5.74, 6) is 1.32. The van der Waals surface area contributed by atoms with E-state index in [9.17, 15) is 10.2 Å². The van der Waals surface area contributed by atoms with Crippen molar-refractivity contribution in [3.8, 4) is 0 Å². The lowest BCUT2D eigenvalue weighted by molar-refractivity contribution is 0.0819. The highest BCUT2D eigenvalue weighted by Crippen LogP contribution is 2.48. The van der Waals surface area contributed by atoms with Crippen molar-refractivity contribution in [2.45, 2.75) is 82.8 Å². The molecule has 0 spiro atoms. The Morgan fingerprint density at radius 1 is 1.25 bits per heavy atom. The Balaban J connectivity index is 1.80. The molecule has 0 unspecified atom stereocenters. The first-order valence-electron chi connectivity index (χ1n) is 11.4. The Hall–Kier alpha value is -0.900. The summed E-state index contributed by atoms with van der Waals surface area (Å²) >= 11 is 0. The highest BCUT2D eigenvalue weighted by molar-refractivity contribution is 5.21. The molecule has 0 amide bonds. The number of aliphatic hydroxyl groups is 2. The average molecular weight is 390 g/mol. The summed E-state index contributed by atoms with van der Waals surface area (Å²) in [6.07, 6.45) is 18.8. The molecule has 0 aliphatic heterocycles. The van der Waals surface area contributed by atoms with Crippen molar-refractivity contribution in [2.24, 2.45) is 17.8 Å². The molecule has 2 rings (SSSR count). The first-order chi connectivity index (χ1) is 13.4. The molecule has 1 saturated carbocycles. The van der Waals surface area contributed by atoms with E-state index in [1.165, 1.54) is 32.2 Å². The summed E-state index contributed by atoms with van der Waals surface area (Å²) in [5.41, 5.74) is 0.803. The van der Waals surface area contributed by atoms with Crippen molar-refractivity contribution in [2.75, 3.05) is 20.6 Å². The van der Waals surface area contributed by atoms with E-state index in [0.717, 1.165) is 32.1 Å². The van der Waals surface area contributed by atoms with Gasteiger partial charge in [0.2, 0.25) is 0 Å². The van der Waals surface area contributed by atoms with Gasteiger partial charge in [-0.3, -0.25) is 0 Å². The molecule has 0 aromatic rings. The molecule has 28 heavy (non-hydrogen) atoms. The fourth-order valence-electron chi connectivity index (χ4n) is 4.95. The monoisotopic (exact) mass is 389 g/mol. The third-order valence-corrected chi connectivity index (χ3v) is 6.73. The quantitative estimate of drug-likeness (QED) is 0.340. The first kappa shape index (κ1) is 23.4. The average Bonchev–Trinajstić information content (AvgIpc) is 3.17. The number of hydrogen-bond acceptors (Lipinski definition) is 3. The van der Waals surface area contributed by atoms with Gasteiger partial charge < -0.3 is 15.1 Å². The molecule has 0 saturated heterocycles. The number of aliphatic hydroxyl groups excluding tert-OH is 1. The normalized spacial score (nSPS) is 29.3. The maximum absolute atomic E-state index is 10.7. The third-order valence-electron chi connectivity index (χ3n) is 6.73. The Morgan fingerprint density at radius 2 is 2.04 bits per heavy atom. The Morgan fingerprint density at radius 3 is 2.71 bits per heavy atom. The molecule has 5 atom stereocenters. The summed E-state index contributed by atoms with van der Waals surface area (Å²) in [5, 5.41) is 21.2. The smallest absolute Gasteiger partial charge is 0.0859 e. The molecule has 3 nitrogen and oxygen atoms in total. The van der Waals surface area contributed by atoms with Crippen molar-refractivity contribution >= 4 is 0 Å². The Kier molecular flexibility index (Phi) is 9.46. The van der Waals surface area contributed by atoms with Crippen molar-refractivity contribution in [3.05, 3.63) is 36.5 Å². The van der Waals surface area contributed by atoms with Crippen LogP contribution < -0.4 is 0 Å². The van der Waals surface area contributed by atoms with E-state index < -0.39 is 5.60 Å². The summed E-state index contributed by atoms with van der Waals surface area (Å²) < 4.78 is 0. The number of unbranched alkanes of at least 4 members (excludes halogenated alkanes) is 3. The van der Waals surface area contributed by atoms with Crippen molar-refractivity contribution in [1.29, 1.82) is 0 Å². The molecule has 0 aromatic heterocycles. The minimum absolute atomic E-state index is 0.229. The van der Waals surface area contributed by atoms with Gasteiger partial charge in [0.1, 0.15) is 0 Å². The molecule has 0 aromatic carbocycles. The summed E-state index contributed by atoms with van der Waals surface area (Å²) in [6, 6.07) is 0.